The van der Waals surface area contributed by atoms with Crippen molar-refractivity contribution in [1.82, 2.24) is 0 Å². The summed E-state index contributed by atoms with van der Waals surface area (Å²) in [4.78, 5) is 11.5. The van der Waals surface area contributed by atoms with Gasteiger partial charge in [0.1, 0.15) is 18.5 Å². The Bertz CT molecular complexity index is 764. The molecule has 2 atom stereocenters. The number of hydrogen-bond donors (Lipinski definition) is 1. The van der Waals surface area contributed by atoms with Crippen LogP contribution < -0.4 is 4.74 Å². The number of ether oxygens (including phenoxy) is 2. The zero-order valence-corrected chi connectivity index (χ0v) is 15.7. The molecule has 0 amide bonds. The van der Waals surface area contributed by atoms with Crippen LogP contribution in [0.4, 0.5) is 0 Å². The van der Waals surface area contributed by atoms with E-state index in [2.05, 4.69) is 0 Å². The topological polar surface area (TPSA) is 55.8 Å². The monoisotopic (exact) mass is 394 g/mol. The number of aliphatic hydroxyl groups excluding tert-OH is 1. The van der Waals surface area contributed by atoms with E-state index in [0.717, 1.165) is 11.1 Å². The lowest BCUT2D eigenvalue weighted by Crippen LogP contribution is -2.32. The number of halogens is 2. The number of carbonyl (C=O) groups is 1. The number of carbonyl (C=O) groups excluding carboxylic acids is 1. The van der Waals surface area contributed by atoms with Gasteiger partial charge in [0.15, 0.2) is 0 Å². The molecule has 0 spiro atoms. The van der Waals surface area contributed by atoms with Crippen LogP contribution in [0.25, 0.3) is 0 Å². The Labute approximate surface area is 162 Å². The molecule has 3 rings (SSSR count). The molecular weight excluding hydrogens is 375 g/mol. The largest absolute Gasteiger partial charge is 0.489 e. The summed E-state index contributed by atoms with van der Waals surface area (Å²) in [6, 6.07) is 13.2. The Morgan fingerprint density at radius 1 is 1.19 bits per heavy atom. The van der Waals surface area contributed by atoms with E-state index >= 15 is 0 Å². The van der Waals surface area contributed by atoms with Gasteiger partial charge in [-0.15, -0.1) is 0 Å². The van der Waals surface area contributed by atoms with Crippen molar-refractivity contribution in [3.63, 3.8) is 0 Å². The van der Waals surface area contributed by atoms with E-state index < -0.39 is 6.10 Å². The van der Waals surface area contributed by atoms with Crippen LogP contribution in [0, 0.1) is 0 Å². The zero-order valence-electron chi connectivity index (χ0n) is 14.2. The molecule has 26 heavy (non-hydrogen) atoms. The fourth-order valence-corrected chi connectivity index (χ4v) is 3.60. The number of aliphatic hydroxyl groups is 1. The van der Waals surface area contributed by atoms with Crippen molar-refractivity contribution >= 4 is 29.2 Å². The van der Waals surface area contributed by atoms with Crippen LogP contribution in [-0.2, 0) is 22.6 Å². The zero-order chi connectivity index (χ0) is 18.5. The Kier molecular flexibility index (Phi) is 6.41. The van der Waals surface area contributed by atoms with E-state index in [-0.39, 0.29) is 18.5 Å². The number of hydrogen-bond acceptors (Lipinski definition) is 4. The van der Waals surface area contributed by atoms with Crippen molar-refractivity contribution in [3.8, 4) is 5.75 Å². The average Bonchev–Trinajstić information content (AvgIpc) is 2.59. The van der Waals surface area contributed by atoms with Crippen molar-refractivity contribution in [2.75, 3.05) is 0 Å². The highest BCUT2D eigenvalue weighted by molar-refractivity contribution is 6.35. The third-order valence-electron chi connectivity index (χ3n) is 4.31. The van der Waals surface area contributed by atoms with Gasteiger partial charge in [-0.3, -0.25) is 4.79 Å². The van der Waals surface area contributed by atoms with Gasteiger partial charge in [0.2, 0.25) is 0 Å². The Morgan fingerprint density at radius 2 is 1.96 bits per heavy atom. The minimum Gasteiger partial charge on any atom is -0.489 e. The predicted molar refractivity (Wildman–Crippen MR) is 101 cm³/mol. The van der Waals surface area contributed by atoms with E-state index in [4.69, 9.17) is 32.7 Å². The third kappa shape index (κ3) is 5.13. The van der Waals surface area contributed by atoms with Gasteiger partial charge >= 0.3 is 5.97 Å². The molecule has 2 aromatic rings. The molecule has 1 heterocycles. The molecule has 1 aliphatic heterocycles. The summed E-state index contributed by atoms with van der Waals surface area (Å²) in [6.07, 6.45) is 0.660. The smallest absolute Gasteiger partial charge is 0.308 e. The molecule has 0 aromatic heterocycles. The highest BCUT2D eigenvalue weighted by Gasteiger charge is 2.27. The first kappa shape index (κ1) is 19.0. The van der Waals surface area contributed by atoms with Crippen molar-refractivity contribution in [2.24, 2.45) is 0 Å². The van der Waals surface area contributed by atoms with Crippen LogP contribution in [0.15, 0.2) is 42.5 Å². The van der Waals surface area contributed by atoms with Crippen molar-refractivity contribution in [2.45, 2.75) is 44.5 Å². The highest BCUT2D eigenvalue weighted by atomic mass is 35.5. The van der Waals surface area contributed by atoms with E-state index in [1.807, 2.05) is 30.3 Å². The molecule has 6 heteroatoms. The summed E-state index contributed by atoms with van der Waals surface area (Å²) in [7, 11) is 0. The van der Waals surface area contributed by atoms with Crippen LogP contribution in [0.3, 0.4) is 0 Å². The minimum absolute atomic E-state index is 0.0592. The van der Waals surface area contributed by atoms with E-state index in [0.29, 0.717) is 41.7 Å². The number of esters is 1. The fourth-order valence-electron chi connectivity index (χ4n) is 3.03. The average molecular weight is 395 g/mol. The second kappa shape index (κ2) is 8.76. The molecule has 1 N–H and O–H groups in total. The minimum atomic E-state index is -0.643. The summed E-state index contributed by atoms with van der Waals surface area (Å²) >= 11 is 12.5. The molecule has 0 aliphatic carbocycles. The third-order valence-corrected chi connectivity index (χ3v) is 4.86. The molecule has 1 aliphatic rings. The van der Waals surface area contributed by atoms with Gasteiger partial charge in [-0.1, -0.05) is 53.5 Å². The predicted octanol–water partition coefficient (Wildman–Crippen LogP) is 4.57. The van der Waals surface area contributed by atoms with Gasteiger partial charge in [0.25, 0.3) is 0 Å². The van der Waals surface area contributed by atoms with Crippen LogP contribution in [0.2, 0.25) is 10.0 Å². The van der Waals surface area contributed by atoms with E-state index in [1.54, 1.807) is 12.1 Å². The van der Waals surface area contributed by atoms with Crippen molar-refractivity contribution < 1.29 is 19.4 Å². The molecule has 138 valence electrons. The molecule has 0 bridgehead atoms. The first-order valence-electron chi connectivity index (χ1n) is 8.53. The first-order valence-corrected chi connectivity index (χ1v) is 9.29. The Balaban J connectivity index is 1.70. The number of cyclic esters (lactones) is 1. The molecule has 1 fully saturated rings. The molecule has 0 saturated carbocycles. The molecule has 4 nitrogen and oxygen atoms in total. The van der Waals surface area contributed by atoms with Gasteiger partial charge in [0, 0.05) is 22.0 Å². The maximum atomic E-state index is 11.5. The van der Waals surface area contributed by atoms with Crippen molar-refractivity contribution in [1.29, 1.82) is 0 Å². The standard InChI is InChI=1S/C20H20Cl2O4/c21-14-8-18(22)17(7-6-16-10-15(23)11-20(24)26-16)19(9-14)25-12-13-4-2-1-3-5-13/h1-5,8-9,15-16,23H,6-7,10-12H2/t15-,16-/m0/s1. The van der Waals surface area contributed by atoms with Gasteiger partial charge in [-0.25, -0.2) is 0 Å². The van der Waals surface area contributed by atoms with Crippen LogP contribution in [0.1, 0.15) is 30.4 Å². The Hall–Kier alpha value is -1.75. The SMILES string of the molecule is O=C1C[C@@H](O)C[C@H](CCc2c(Cl)cc(Cl)cc2OCc2ccccc2)O1. The number of benzene rings is 2. The van der Waals surface area contributed by atoms with Gasteiger partial charge in [0.05, 0.1) is 12.5 Å². The Morgan fingerprint density at radius 3 is 2.69 bits per heavy atom. The second-order valence-electron chi connectivity index (χ2n) is 6.38. The maximum Gasteiger partial charge on any atom is 0.308 e. The van der Waals surface area contributed by atoms with Gasteiger partial charge in [-0.2, -0.15) is 0 Å². The fraction of sp³-hybridized carbons (Fsp3) is 0.350. The van der Waals surface area contributed by atoms with E-state index in [9.17, 15) is 9.90 Å². The summed E-state index contributed by atoms with van der Waals surface area (Å²) in [5, 5.41) is 10.8. The summed E-state index contributed by atoms with van der Waals surface area (Å²) in [5.41, 5.74) is 1.86. The molecule has 0 unspecified atom stereocenters. The normalized spacial score (nSPS) is 19.9. The van der Waals surface area contributed by atoms with Crippen molar-refractivity contribution in [3.05, 3.63) is 63.6 Å². The van der Waals surface area contributed by atoms with Gasteiger partial charge < -0.3 is 14.6 Å². The molecule has 1 saturated heterocycles. The highest BCUT2D eigenvalue weighted by Crippen LogP contribution is 2.33. The van der Waals surface area contributed by atoms with E-state index in [1.165, 1.54) is 0 Å². The van der Waals surface area contributed by atoms with Gasteiger partial charge in [-0.05, 0) is 30.5 Å². The summed E-state index contributed by atoms with van der Waals surface area (Å²) < 4.78 is 11.2. The lowest BCUT2D eigenvalue weighted by Gasteiger charge is -2.26. The lowest BCUT2D eigenvalue weighted by atomic mass is 9.99. The summed E-state index contributed by atoms with van der Waals surface area (Å²) in [6.45, 7) is 0.404. The van der Waals surface area contributed by atoms with Crippen LogP contribution in [0.5, 0.6) is 5.75 Å². The van der Waals surface area contributed by atoms with Crippen LogP contribution in [-0.4, -0.2) is 23.3 Å². The number of rotatable bonds is 6. The molecule has 2 aromatic carbocycles. The first-order chi connectivity index (χ1) is 12.5. The molecular formula is C20H20Cl2O4. The second-order valence-corrected chi connectivity index (χ2v) is 7.23. The lowest BCUT2D eigenvalue weighted by molar-refractivity contribution is -0.160. The van der Waals surface area contributed by atoms with Crippen LogP contribution >= 0.6 is 23.2 Å². The molecule has 0 radical (unpaired) electrons. The summed E-state index contributed by atoms with van der Waals surface area (Å²) in [5.74, 6) is 0.255. The maximum absolute atomic E-state index is 11.5. The quantitative estimate of drug-likeness (QED) is 0.728.